The lowest BCUT2D eigenvalue weighted by molar-refractivity contribution is 0.408. The van der Waals surface area contributed by atoms with Crippen molar-refractivity contribution in [3.8, 4) is 17.6 Å². The molecule has 0 atom stereocenters. The fourth-order valence-electron chi connectivity index (χ4n) is 2.16. The first-order chi connectivity index (χ1) is 9.13. The van der Waals surface area contributed by atoms with Crippen LogP contribution in [0.15, 0.2) is 23.0 Å². The van der Waals surface area contributed by atoms with E-state index in [1.165, 1.54) is 4.57 Å². The Morgan fingerprint density at radius 2 is 1.89 bits per heavy atom. The summed E-state index contributed by atoms with van der Waals surface area (Å²) in [6.07, 6.45) is 0.0724. The first-order valence-corrected chi connectivity index (χ1v) is 5.74. The van der Waals surface area contributed by atoms with Crippen LogP contribution in [-0.4, -0.2) is 18.8 Å². The Morgan fingerprint density at radius 3 is 2.47 bits per heavy atom. The summed E-state index contributed by atoms with van der Waals surface area (Å²) >= 11 is 0. The number of fused-ring (bicyclic) bond motifs is 1. The Bertz CT molecular complexity index is 726. The predicted octanol–water partition coefficient (Wildman–Crippen LogP) is 1.62. The fourth-order valence-corrected chi connectivity index (χ4v) is 2.16. The highest BCUT2D eigenvalue weighted by molar-refractivity contribution is 5.91. The second-order valence-electron chi connectivity index (χ2n) is 4.10. The van der Waals surface area contributed by atoms with Crippen LogP contribution in [0.2, 0.25) is 0 Å². The lowest BCUT2D eigenvalue weighted by atomic mass is 10.1. The van der Waals surface area contributed by atoms with E-state index in [4.69, 9.17) is 14.7 Å². The van der Waals surface area contributed by atoms with Crippen LogP contribution >= 0.6 is 0 Å². The van der Waals surface area contributed by atoms with Gasteiger partial charge in [-0.3, -0.25) is 4.79 Å². The Kier molecular flexibility index (Phi) is 3.43. The third-order valence-corrected chi connectivity index (χ3v) is 3.08. The summed E-state index contributed by atoms with van der Waals surface area (Å²) in [4.78, 5) is 12.2. The van der Waals surface area contributed by atoms with E-state index in [0.717, 1.165) is 5.39 Å². The van der Waals surface area contributed by atoms with E-state index in [1.807, 2.05) is 6.07 Å². The van der Waals surface area contributed by atoms with Crippen LogP contribution in [0.3, 0.4) is 0 Å². The van der Waals surface area contributed by atoms with Gasteiger partial charge in [0.05, 0.1) is 32.2 Å². The third kappa shape index (κ3) is 2.02. The zero-order valence-electron chi connectivity index (χ0n) is 11.1. The van der Waals surface area contributed by atoms with Gasteiger partial charge in [-0.25, -0.2) is 0 Å². The number of methoxy groups -OCH3 is 2. The Morgan fingerprint density at radius 1 is 1.26 bits per heavy atom. The quantitative estimate of drug-likeness (QED) is 0.839. The molecule has 0 N–H and O–H groups in total. The summed E-state index contributed by atoms with van der Waals surface area (Å²) < 4.78 is 12.1. The molecule has 1 aromatic heterocycles. The molecule has 0 saturated heterocycles. The van der Waals surface area contributed by atoms with Crippen molar-refractivity contribution in [1.29, 1.82) is 5.26 Å². The molecule has 0 radical (unpaired) electrons. The Labute approximate surface area is 110 Å². The van der Waals surface area contributed by atoms with Gasteiger partial charge in [0.1, 0.15) is 11.5 Å². The number of nitriles is 1. The van der Waals surface area contributed by atoms with E-state index >= 15 is 0 Å². The number of hydrogen-bond donors (Lipinski definition) is 0. The highest BCUT2D eigenvalue weighted by Crippen LogP contribution is 2.32. The minimum absolute atomic E-state index is 0.0724. The predicted molar refractivity (Wildman–Crippen MR) is 71.6 cm³/mol. The zero-order valence-corrected chi connectivity index (χ0v) is 11.1. The average Bonchev–Trinajstić information content (AvgIpc) is 2.43. The SMILES string of the molecule is COc1ccc(OC)c2c1cc(CC#N)c(=O)n2C. The van der Waals surface area contributed by atoms with Crippen molar-refractivity contribution < 1.29 is 9.47 Å². The lowest BCUT2D eigenvalue weighted by Crippen LogP contribution is -2.21. The number of aromatic nitrogens is 1. The van der Waals surface area contributed by atoms with Crippen molar-refractivity contribution in [3.05, 3.63) is 34.1 Å². The molecule has 2 aromatic rings. The van der Waals surface area contributed by atoms with Crippen LogP contribution in [0.5, 0.6) is 11.5 Å². The highest BCUT2D eigenvalue weighted by atomic mass is 16.5. The summed E-state index contributed by atoms with van der Waals surface area (Å²) in [7, 11) is 4.78. The molecule has 5 nitrogen and oxygen atoms in total. The molecule has 2 rings (SSSR count). The van der Waals surface area contributed by atoms with Crippen molar-refractivity contribution >= 4 is 10.9 Å². The molecule has 0 fully saturated rings. The van der Waals surface area contributed by atoms with Gasteiger partial charge in [-0.1, -0.05) is 0 Å². The van der Waals surface area contributed by atoms with Gasteiger partial charge in [0.15, 0.2) is 0 Å². The van der Waals surface area contributed by atoms with Gasteiger partial charge in [0.2, 0.25) is 0 Å². The number of rotatable bonds is 3. The standard InChI is InChI=1S/C14H14N2O3/c1-16-13-10(8-9(6-7-15)14(16)17)11(18-2)4-5-12(13)19-3/h4-5,8H,6H2,1-3H3. The van der Waals surface area contributed by atoms with Gasteiger partial charge in [-0.05, 0) is 18.2 Å². The van der Waals surface area contributed by atoms with Crippen molar-refractivity contribution in [2.24, 2.45) is 7.05 Å². The molecule has 1 heterocycles. The molecule has 98 valence electrons. The number of nitrogens with zero attached hydrogens (tertiary/aromatic N) is 2. The molecule has 0 aliphatic heterocycles. The molecule has 19 heavy (non-hydrogen) atoms. The molecule has 5 heteroatoms. The minimum atomic E-state index is -0.194. The molecular weight excluding hydrogens is 244 g/mol. The van der Waals surface area contributed by atoms with E-state index in [2.05, 4.69) is 0 Å². The summed E-state index contributed by atoms with van der Waals surface area (Å²) in [5.41, 5.74) is 0.915. The molecule has 0 amide bonds. The summed E-state index contributed by atoms with van der Waals surface area (Å²) in [6.45, 7) is 0. The number of benzene rings is 1. The maximum Gasteiger partial charge on any atom is 0.255 e. The maximum absolute atomic E-state index is 12.2. The monoisotopic (exact) mass is 258 g/mol. The van der Waals surface area contributed by atoms with Crippen molar-refractivity contribution in [1.82, 2.24) is 4.57 Å². The van der Waals surface area contributed by atoms with Gasteiger partial charge >= 0.3 is 0 Å². The fraction of sp³-hybridized carbons (Fsp3) is 0.286. The maximum atomic E-state index is 12.2. The van der Waals surface area contributed by atoms with Gasteiger partial charge in [-0.2, -0.15) is 5.26 Å². The van der Waals surface area contributed by atoms with Crippen LogP contribution < -0.4 is 15.0 Å². The van der Waals surface area contributed by atoms with Crippen molar-refractivity contribution in [2.45, 2.75) is 6.42 Å². The molecule has 0 spiro atoms. The van der Waals surface area contributed by atoms with Gasteiger partial charge in [-0.15, -0.1) is 0 Å². The number of pyridine rings is 1. The minimum Gasteiger partial charge on any atom is -0.496 e. The highest BCUT2D eigenvalue weighted by Gasteiger charge is 2.14. The van der Waals surface area contributed by atoms with Crippen molar-refractivity contribution in [2.75, 3.05) is 14.2 Å². The molecule has 0 unspecified atom stereocenters. The Balaban J connectivity index is 2.94. The van der Waals surface area contributed by atoms with E-state index in [-0.39, 0.29) is 12.0 Å². The molecule has 0 aliphatic carbocycles. The van der Waals surface area contributed by atoms with Gasteiger partial charge < -0.3 is 14.0 Å². The van der Waals surface area contributed by atoms with E-state index in [9.17, 15) is 4.79 Å². The van der Waals surface area contributed by atoms with E-state index < -0.39 is 0 Å². The number of ether oxygens (including phenoxy) is 2. The molecule has 1 aromatic carbocycles. The second kappa shape index (κ2) is 5.02. The zero-order chi connectivity index (χ0) is 14.0. The van der Waals surface area contributed by atoms with Gasteiger partial charge in [0.25, 0.3) is 5.56 Å². The van der Waals surface area contributed by atoms with Crippen LogP contribution in [0.25, 0.3) is 10.9 Å². The third-order valence-electron chi connectivity index (χ3n) is 3.08. The number of hydrogen-bond acceptors (Lipinski definition) is 4. The van der Waals surface area contributed by atoms with Crippen LogP contribution in [0, 0.1) is 11.3 Å². The van der Waals surface area contributed by atoms with Crippen LogP contribution in [0.4, 0.5) is 0 Å². The summed E-state index contributed by atoms with van der Waals surface area (Å²) in [5, 5.41) is 9.54. The van der Waals surface area contributed by atoms with E-state index in [1.54, 1.807) is 39.5 Å². The summed E-state index contributed by atoms with van der Waals surface area (Å²) in [6, 6.07) is 7.23. The topological polar surface area (TPSA) is 64.2 Å². The lowest BCUT2D eigenvalue weighted by Gasteiger charge is -2.13. The van der Waals surface area contributed by atoms with Crippen LogP contribution in [0.1, 0.15) is 5.56 Å². The summed E-state index contributed by atoms with van der Waals surface area (Å²) in [5.74, 6) is 1.24. The average molecular weight is 258 g/mol. The first-order valence-electron chi connectivity index (χ1n) is 5.74. The van der Waals surface area contributed by atoms with Crippen molar-refractivity contribution in [3.63, 3.8) is 0 Å². The second-order valence-corrected chi connectivity index (χ2v) is 4.10. The molecule has 0 aliphatic rings. The normalized spacial score (nSPS) is 10.2. The molecule has 0 saturated carbocycles. The van der Waals surface area contributed by atoms with E-state index in [0.29, 0.717) is 22.6 Å². The smallest absolute Gasteiger partial charge is 0.255 e. The molecule has 0 bridgehead atoms. The largest absolute Gasteiger partial charge is 0.496 e. The number of aryl methyl sites for hydroxylation is 1. The van der Waals surface area contributed by atoms with Gasteiger partial charge in [0, 0.05) is 18.0 Å². The first kappa shape index (κ1) is 13.0. The molecular formula is C14H14N2O3. The van der Waals surface area contributed by atoms with Crippen LogP contribution in [-0.2, 0) is 13.5 Å². The Hall–Kier alpha value is -2.48.